The van der Waals surface area contributed by atoms with E-state index in [4.69, 9.17) is 0 Å². The van der Waals surface area contributed by atoms with Crippen molar-refractivity contribution in [2.75, 3.05) is 23.4 Å². The van der Waals surface area contributed by atoms with E-state index in [0.717, 1.165) is 23.5 Å². The van der Waals surface area contributed by atoms with E-state index in [2.05, 4.69) is 22.0 Å². The van der Waals surface area contributed by atoms with Crippen LogP contribution in [-0.2, 0) is 6.54 Å². The summed E-state index contributed by atoms with van der Waals surface area (Å²) >= 11 is 0. The molecule has 1 aromatic heterocycles. The van der Waals surface area contributed by atoms with Crippen LogP contribution < -0.4 is 9.80 Å². The van der Waals surface area contributed by atoms with Crippen LogP contribution in [0.3, 0.4) is 0 Å². The van der Waals surface area contributed by atoms with Crippen LogP contribution in [0.2, 0.25) is 0 Å². The Kier molecular flexibility index (Phi) is 5.87. The first-order valence-electron chi connectivity index (χ1n) is 9.17. The number of rotatable bonds is 6. The Labute approximate surface area is 161 Å². The van der Waals surface area contributed by atoms with Crippen molar-refractivity contribution < 1.29 is 4.79 Å². The van der Waals surface area contributed by atoms with E-state index in [1.54, 1.807) is 17.3 Å². The van der Waals surface area contributed by atoms with Gasteiger partial charge >= 0.3 is 0 Å². The second kappa shape index (κ2) is 8.49. The molecule has 0 spiro atoms. The SMILES string of the molecule is CCN(C(=O)c1cncc(N(C)Cc2ccccc2)c1)c1cccc(C)c1. The van der Waals surface area contributed by atoms with Crippen LogP contribution in [0.15, 0.2) is 73.1 Å². The van der Waals surface area contributed by atoms with Gasteiger partial charge in [0.15, 0.2) is 0 Å². The fourth-order valence-electron chi connectivity index (χ4n) is 3.10. The molecule has 0 fully saturated rings. The number of hydrogen-bond acceptors (Lipinski definition) is 3. The van der Waals surface area contributed by atoms with Gasteiger partial charge in [0, 0.05) is 32.0 Å². The third kappa shape index (κ3) is 4.53. The van der Waals surface area contributed by atoms with Gasteiger partial charge in [-0.15, -0.1) is 0 Å². The summed E-state index contributed by atoms with van der Waals surface area (Å²) in [6.45, 7) is 5.38. The van der Waals surface area contributed by atoms with Crippen molar-refractivity contribution in [3.8, 4) is 0 Å². The molecule has 0 saturated heterocycles. The van der Waals surface area contributed by atoms with E-state index < -0.39 is 0 Å². The van der Waals surface area contributed by atoms with Crippen LogP contribution in [-0.4, -0.2) is 24.5 Å². The van der Waals surface area contributed by atoms with Crippen molar-refractivity contribution in [1.82, 2.24) is 4.98 Å². The molecular formula is C23H25N3O. The van der Waals surface area contributed by atoms with Crippen molar-refractivity contribution in [2.45, 2.75) is 20.4 Å². The van der Waals surface area contributed by atoms with Gasteiger partial charge in [0.1, 0.15) is 0 Å². The normalized spacial score (nSPS) is 10.5. The van der Waals surface area contributed by atoms with Gasteiger partial charge in [-0.2, -0.15) is 0 Å². The summed E-state index contributed by atoms with van der Waals surface area (Å²) in [4.78, 5) is 21.3. The molecule has 4 nitrogen and oxygen atoms in total. The zero-order chi connectivity index (χ0) is 19.2. The van der Waals surface area contributed by atoms with E-state index >= 15 is 0 Å². The summed E-state index contributed by atoms with van der Waals surface area (Å²) < 4.78 is 0. The Balaban J connectivity index is 1.82. The molecule has 2 aromatic carbocycles. The number of carbonyl (C=O) groups is 1. The molecule has 0 atom stereocenters. The first-order valence-corrected chi connectivity index (χ1v) is 9.17. The van der Waals surface area contributed by atoms with Gasteiger partial charge in [0.05, 0.1) is 17.4 Å². The minimum Gasteiger partial charge on any atom is -0.369 e. The van der Waals surface area contributed by atoms with Crippen LogP contribution in [0.25, 0.3) is 0 Å². The lowest BCUT2D eigenvalue weighted by Crippen LogP contribution is -2.31. The molecule has 3 aromatic rings. The fraction of sp³-hybridized carbons (Fsp3) is 0.217. The highest BCUT2D eigenvalue weighted by Gasteiger charge is 2.17. The molecule has 4 heteroatoms. The van der Waals surface area contributed by atoms with Crippen molar-refractivity contribution in [3.63, 3.8) is 0 Å². The number of pyridine rings is 1. The second-order valence-corrected chi connectivity index (χ2v) is 6.66. The van der Waals surface area contributed by atoms with Crippen molar-refractivity contribution >= 4 is 17.3 Å². The highest BCUT2D eigenvalue weighted by molar-refractivity contribution is 6.06. The molecule has 1 amide bonds. The third-order valence-electron chi connectivity index (χ3n) is 4.55. The molecule has 0 aliphatic rings. The van der Waals surface area contributed by atoms with Gasteiger partial charge in [-0.05, 0) is 43.2 Å². The molecule has 0 N–H and O–H groups in total. The minimum atomic E-state index is -0.0365. The summed E-state index contributed by atoms with van der Waals surface area (Å²) in [6, 6.07) is 20.2. The lowest BCUT2D eigenvalue weighted by molar-refractivity contribution is 0.0988. The average molecular weight is 359 g/mol. The molecule has 27 heavy (non-hydrogen) atoms. The fourth-order valence-corrected chi connectivity index (χ4v) is 3.10. The Morgan fingerprint density at radius 3 is 2.44 bits per heavy atom. The summed E-state index contributed by atoms with van der Waals surface area (Å²) in [6.07, 6.45) is 3.43. The maximum atomic E-state index is 13.1. The van der Waals surface area contributed by atoms with Gasteiger partial charge in [0.25, 0.3) is 5.91 Å². The lowest BCUT2D eigenvalue weighted by atomic mass is 10.1. The number of hydrogen-bond donors (Lipinski definition) is 0. The van der Waals surface area contributed by atoms with E-state index in [1.807, 2.05) is 69.4 Å². The van der Waals surface area contributed by atoms with Crippen molar-refractivity contribution in [3.05, 3.63) is 89.7 Å². The van der Waals surface area contributed by atoms with E-state index in [-0.39, 0.29) is 5.91 Å². The monoisotopic (exact) mass is 359 g/mol. The lowest BCUT2D eigenvalue weighted by Gasteiger charge is -2.23. The van der Waals surface area contributed by atoms with Gasteiger partial charge < -0.3 is 9.80 Å². The largest absolute Gasteiger partial charge is 0.369 e. The number of carbonyl (C=O) groups excluding carboxylic acids is 1. The maximum absolute atomic E-state index is 13.1. The van der Waals surface area contributed by atoms with Crippen LogP contribution in [0, 0.1) is 6.92 Å². The van der Waals surface area contributed by atoms with Gasteiger partial charge in [-0.1, -0.05) is 42.5 Å². The third-order valence-corrected chi connectivity index (χ3v) is 4.55. The molecule has 0 unspecified atom stereocenters. The zero-order valence-corrected chi connectivity index (χ0v) is 16.1. The summed E-state index contributed by atoms with van der Waals surface area (Å²) in [5, 5.41) is 0. The van der Waals surface area contributed by atoms with Crippen LogP contribution >= 0.6 is 0 Å². The second-order valence-electron chi connectivity index (χ2n) is 6.66. The number of aryl methyl sites for hydroxylation is 1. The van der Waals surface area contributed by atoms with Crippen LogP contribution in [0.5, 0.6) is 0 Å². The number of benzene rings is 2. The molecule has 0 aliphatic heterocycles. The number of amides is 1. The van der Waals surface area contributed by atoms with Gasteiger partial charge in [-0.3, -0.25) is 9.78 Å². The molecular weight excluding hydrogens is 334 g/mol. The Hall–Kier alpha value is -3.14. The molecule has 1 heterocycles. The molecule has 0 aliphatic carbocycles. The molecule has 138 valence electrons. The maximum Gasteiger partial charge on any atom is 0.259 e. The summed E-state index contributed by atoms with van der Waals surface area (Å²) in [5.41, 5.74) is 4.77. The zero-order valence-electron chi connectivity index (χ0n) is 16.1. The molecule has 0 bridgehead atoms. The molecule has 3 rings (SSSR count). The van der Waals surface area contributed by atoms with E-state index in [0.29, 0.717) is 12.1 Å². The Morgan fingerprint density at radius 2 is 1.74 bits per heavy atom. The smallest absolute Gasteiger partial charge is 0.259 e. The standard InChI is InChI=1S/C23H25N3O/c1-4-26(21-12-8-9-18(2)13-21)23(27)20-14-22(16-24-15-20)25(3)17-19-10-6-5-7-11-19/h5-16H,4,17H2,1-3H3. The van der Waals surface area contributed by atoms with Crippen LogP contribution in [0.4, 0.5) is 11.4 Å². The minimum absolute atomic E-state index is 0.0365. The summed E-state index contributed by atoms with van der Waals surface area (Å²) in [7, 11) is 2.01. The van der Waals surface area contributed by atoms with Gasteiger partial charge in [-0.25, -0.2) is 0 Å². The first kappa shape index (κ1) is 18.6. The topological polar surface area (TPSA) is 36.4 Å². The number of nitrogens with zero attached hydrogens (tertiary/aromatic N) is 3. The van der Waals surface area contributed by atoms with Gasteiger partial charge in [0.2, 0.25) is 0 Å². The molecule has 0 radical (unpaired) electrons. The van der Waals surface area contributed by atoms with E-state index in [1.165, 1.54) is 5.56 Å². The molecule has 0 saturated carbocycles. The van der Waals surface area contributed by atoms with Crippen LogP contribution in [0.1, 0.15) is 28.4 Å². The average Bonchev–Trinajstić information content (AvgIpc) is 2.69. The van der Waals surface area contributed by atoms with Crippen molar-refractivity contribution in [2.24, 2.45) is 0 Å². The van der Waals surface area contributed by atoms with Crippen molar-refractivity contribution in [1.29, 1.82) is 0 Å². The number of aromatic nitrogens is 1. The van der Waals surface area contributed by atoms with E-state index in [9.17, 15) is 4.79 Å². The Bertz CT molecular complexity index is 908. The number of anilines is 2. The first-order chi connectivity index (χ1) is 13.1. The highest BCUT2D eigenvalue weighted by Crippen LogP contribution is 2.21. The highest BCUT2D eigenvalue weighted by atomic mass is 16.2. The predicted molar refractivity (Wildman–Crippen MR) is 111 cm³/mol. The predicted octanol–water partition coefficient (Wildman–Crippen LogP) is 4.69. The quantitative estimate of drug-likeness (QED) is 0.640. The summed E-state index contributed by atoms with van der Waals surface area (Å²) in [5.74, 6) is -0.0365. The Morgan fingerprint density at radius 1 is 0.963 bits per heavy atom.